The van der Waals surface area contributed by atoms with Gasteiger partial charge in [0.2, 0.25) is 0 Å². The van der Waals surface area contributed by atoms with Gasteiger partial charge in [0.25, 0.3) is 0 Å². The number of rotatable bonds is 4. The zero-order valence-corrected chi connectivity index (χ0v) is 15.4. The van der Waals surface area contributed by atoms with Gasteiger partial charge in [0.15, 0.2) is 9.84 Å². The first-order valence-electron chi connectivity index (χ1n) is 8.22. The quantitative estimate of drug-likeness (QED) is 0.831. The predicted octanol–water partition coefficient (Wildman–Crippen LogP) is 2.64. The maximum absolute atomic E-state index is 12.4. The number of likely N-dealkylation sites (tertiary alicyclic amines) is 1. The lowest BCUT2D eigenvalue weighted by Crippen LogP contribution is -2.44. The van der Waals surface area contributed by atoms with Crippen LogP contribution in [0.25, 0.3) is 0 Å². The lowest BCUT2D eigenvalue weighted by atomic mass is 10.0. The third kappa shape index (κ3) is 6.11. The summed E-state index contributed by atoms with van der Waals surface area (Å²) >= 11 is 0. The lowest BCUT2D eigenvalue weighted by molar-refractivity contribution is 0.0176. The minimum atomic E-state index is -3.23. The van der Waals surface area contributed by atoms with Crippen LogP contribution in [-0.4, -0.2) is 48.8 Å². The fraction of sp³-hybridized carbons (Fsp3) is 0.647. The molecule has 1 aromatic rings. The van der Waals surface area contributed by atoms with E-state index in [0.29, 0.717) is 13.1 Å². The molecule has 1 fully saturated rings. The Bertz CT molecular complexity index is 653. The summed E-state index contributed by atoms with van der Waals surface area (Å²) in [5, 5.41) is 0. The number of ether oxygens (including phenoxy) is 1. The number of hydrogen-bond donors (Lipinski definition) is 0. The Morgan fingerprint density at radius 3 is 2.62 bits per heavy atom. The molecule has 0 aliphatic carbocycles. The third-order valence-corrected chi connectivity index (χ3v) is 5.55. The van der Waals surface area contributed by atoms with E-state index in [1.165, 1.54) is 0 Å². The van der Waals surface area contributed by atoms with Crippen molar-refractivity contribution in [3.05, 3.63) is 30.1 Å². The van der Waals surface area contributed by atoms with Gasteiger partial charge < -0.3 is 9.64 Å². The summed E-state index contributed by atoms with van der Waals surface area (Å²) in [5.41, 5.74) is 0.196. The highest BCUT2D eigenvalue weighted by atomic mass is 32.2. The summed E-state index contributed by atoms with van der Waals surface area (Å²) < 4.78 is 30.2. The number of amides is 1. The standard InChI is InChI=1S/C17H26N2O4S/c1-17(2,3)23-16(20)19-10-4-5-15(11-19)13-24(21,22)12-14-6-8-18-9-7-14/h6-9,15H,4-5,10-13H2,1-3H3. The lowest BCUT2D eigenvalue weighted by Gasteiger charge is -2.34. The molecular weight excluding hydrogens is 328 g/mol. The van der Waals surface area contributed by atoms with Gasteiger partial charge in [0.05, 0.1) is 11.5 Å². The van der Waals surface area contributed by atoms with Crippen LogP contribution in [0.3, 0.4) is 0 Å². The molecule has 1 aromatic heterocycles. The molecule has 0 aromatic carbocycles. The van der Waals surface area contributed by atoms with Gasteiger partial charge in [-0.2, -0.15) is 0 Å². The van der Waals surface area contributed by atoms with E-state index in [2.05, 4.69) is 4.98 Å². The molecule has 6 nitrogen and oxygen atoms in total. The Hall–Kier alpha value is -1.63. The van der Waals surface area contributed by atoms with E-state index >= 15 is 0 Å². The molecular formula is C17H26N2O4S. The van der Waals surface area contributed by atoms with Gasteiger partial charge in [0, 0.05) is 25.5 Å². The zero-order chi connectivity index (χ0) is 17.8. The van der Waals surface area contributed by atoms with Crippen LogP contribution >= 0.6 is 0 Å². The third-order valence-electron chi connectivity index (χ3n) is 3.80. The number of nitrogens with zero attached hydrogens (tertiary/aromatic N) is 2. The Labute approximate surface area is 144 Å². The second-order valence-electron chi connectivity index (χ2n) is 7.34. The Morgan fingerprint density at radius 2 is 2.00 bits per heavy atom. The van der Waals surface area contributed by atoms with E-state index in [-0.39, 0.29) is 23.5 Å². The number of pyridine rings is 1. The van der Waals surface area contributed by atoms with Gasteiger partial charge in [-0.05, 0) is 57.2 Å². The van der Waals surface area contributed by atoms with E-state index < -0.39 is 15.4 Å². The molecule has 134 valence electrons. The molecule has 0 N–H and O–H groups in total. The van der Waals surface area contributed by atoms with Crippen LogP contribution in [0.4, 0.5) is 4.79 Å². The summed E-state index contributed by atoms with van der Waals surface area (Å²) in [5.74, 6) is 0.0608. The molecule has 2 heterocycles. The maximum Gasteiger partial charge on any atom is 0.410 e. The van der Waals surface area contributed by atoms with Crippen LogP contribution in [0.5, 0.6) is 0 Å². The van der Waals surface area contributed by atoms with Crippen molar-refractivity contribution < 1.29 is 17.9 Å². The smallest absolute Gasteiger partial charge is 0.410 e. The maximum atomic E-state index is 12.4. The Balaban J connectivity index is 1.93. The van der Waals surface area contributed by atoms with Crippen molar-refractivity contribution in [3.63, 3.8) is 0 Å². The topological polar surface area (TPSA) is 76.6 Å². The summed E-state index contributed by atoms with van der Waals surface area (Å²) in [6.07, 6.45) is 4.44. The second-order valence-corrected chi connectivity index (χ2v) is 9.45. The fourth-order valence-electron chi connectivity index (χ4n) is 2.84. The first-order chi connectivity index (χ1) is 11.1. The van der Waals surface area contributed by atoms with Crippen molar-refractivity contribution in [3.8, 4) is 0 Å². The second kappa shape index (κ2) is 7.51. The van der Waals surface area contributed by atoms with Gasteiger partial charge >= 0.3 is 6.09 Å². The van der Waals surface area contributed by atoms with Crippen LogP contribution in [0.2, 0.25) is 0 Å². The molecule has 1 saturated heterocycles. The van der Waals surface area contributed by atoms with Gasteiger partial charge in [-0.1, -0.05) is 0 Å². The number of piperidine rings is 1. The molecule has 0 radical (unpaired) electrons. The van der Waals surface area contributed by atoms with Crippen molar-refractivity contribution in [2.75, 3.05) is 18.8 Å². The van der Waals surface area contributed by atoms with E-state index in [0.717, 1.165) is 18.4 Å². The van der Waals surface area contributed by atoms with Gasteiger partial charge in [-0.15, -0.1) is 0 Å². The van der Waals surface area contributed by atoms with Crippen molar-refractivity contribution in [1.29, 1.82) is 0 Å². The average Bonchev–Trinajstić information content (AvgIpc) is 2.45. The Kier molecular flexibility index (Phi) is 5.85. The van der Waals surface area contributed by atoms with Gasteiger partial charge in [0.1, 0.15) is 5.60 Å². The molecule has 24 heavy (non-hydrogen) atoms. The first kappa shape index (κ1) is 18.7. The highest BCUT2D eigenvalue weighted by molar-refractivity contribution is 7.90. The number of hydrogen-bond acceptors (Lipinski definition) is 5. The summed E-state index contributed by atoms with van der Waals surface area (Å²) in [7, 11) is -3.23. The Morgan fingerprint density at radius 1 is 1.33 bits per heavy atom. The van der Waals surface area contributed by atoms with Crippen LogP contribution in [0.15, 0.2) is 24.5 Å². The number of aromatic nitrogens is 1. The summed E-state index contributed by atoms with van der Waals surface area (Å²) in [4.78, 5) is 17.7. The van der Waals surface area contributed by atoms with Crippen LogP contribution < -0.4 is 0 Å². The van der Waals surface area contributed by atoms with E-state index in [1.807, 2.05) is 20.8 Å². The zero-order valence-electron chi connectivity index (χ0n) is 14.6. The highest BCUT2D eigenvalue weighted by Crippen LogP contribution is 2.22. The van der Waals surface area contributed by atoms with Crippen molar-refractivity contribution in [2.45, 2.75) is 45.0 Å². The normalized spacial score (nSPS) is 19.1. The minimum absolute atomic E-state index is 0.0124. The molecule has 7 heteroatoms. The SMILES string of the molecule is CC(C)(C)OC(=O)N1CCCC(CS(=O)(=O)Cc2ccncc2)C1. The van der Waals surface area contributed by atoms with E-state index in [1.54, 1.807) is 29.4 Å². The molecule has 1 aliphatic heterocycles. The van der Waals surface area contributed by atoms with Gasteiger partial charge in [-0.25, -0.2) is 13.2 Å². The van der Waals surface area contributed by atoms with Crippen molar-refractivity contribution in [1.82, 2.24) is 9.88 Å². The van der Waals surface area contributed by atoms with E-state index in [4.69, 9.17) is 4.74 Å². The average molecular weight is 354 g/mol. The van der Waals surface area contributed by atoms with Crippen molar-refractivity contribution in [2.24, 2.45) is 5.92 Å². The molecule has 0 spiro atoms. The highest BCUT2D eigenvalue weighted by Gasteiger charge is 2.30. The number of sulfone groups is 1. The first-order valence-corrected chi connectivity index (χ1v) is 10.0. The monoisotopic (exact) mass is 354 g/mol. The summed E-state index contributed by atoms with van der Waals surface area (Å²) in [6.45, 7) is 6.53. The van der Waals surface area contributed by atoms with Gasteiger partial charge in [-0.3, -0.25) is 4.98 Å². The van der Waals surface area contributed by atoms with Crippen LogP contribution in [0.1, 0.15) is 39.2 Å². The van der Waals surface area contributed by atoms with Crippen LogP contribution in [0, 0.1) is 5.92 Å². The van der Waals surface area contributed by atoms with Crippen molar-refractivity contribution >= 4 is 15.9 Å². The molecule has 0 saturated carbocycles. The molecule has 1 atom stereocenters. The summed E-state index contributed by atoms with van der Waals surface area (Å²) in [6, 6.07) is 3.43. The van der Waals surface area contributed by atoms with E-state index in [9.17, 15) is 13.2 Å². The number of carbonyl (C=O) groups excluding carboxylic acids is 1. The number of carbonyl (C=O) groups is 1. The minimum Gasteiger partial charge on any atom is -0.444 e. The molecule has 0 bridgehead atoms. The molecule has 1 amide bonds. The fourth-order valence-corrected chi connectivity index (χ4v) is 4.65. The van der Waals surface area contributed by atoms with Crippen LogP contribution in [-0.2, 0) is 20.3 Å². The largest absolute Gasteiger partial charge is 0.444 e. The molecule has 1 unspecified atom stereocenters. The molecule has 2 rings (SSSR count). The predicted molar refractivity (Wildman–Crippen MR) is 92.3 cm³/mol. The molecule has 1 aliphatic rings.